The molecule has 0 heterocycles. The van der Waals surface area contributed by atoms with E-state index in [-0.39, 0.29) is 0 Å². The molecule has 2 aliphatic rings. The van der Waals surface area contributed by atoms with Gasteiger partial charge in [-0.3, -0.25) is 0 Å². The van der Waals surface area contributed by atoms with Crippen molar-refractivity contribution in [3.63, 3.8) is 0 Å². The van der Waals surface area contributed by atoms with Crippen LogP contribution < -0.4 is 4.90 Å². The summed E-state index contributed by atoms with van der Waals surface area (Å²) in [6.07, 6.45) is 8.21. The zero-order chi connectivity index (χ0) is 42.3. The topological polar surface area (TPSA) is 3.24 Å². The van der Waals surface area contributed by atoms with Crippen molar-refractivity contribution in [3.8, 4) is 55.6 Å². The van der Waals surface area contributed by atoms with Gasteiger partial charge < -0.3 is 4.90 Å². The number of nitrogens with zero attached hydrogens (tertiary/aromatic N) is 1. The Labute approximate surface area is 370 Å². The predicted octanol–water partition coefficient (Wildman–Crippen LogP) is 16.6. The fourth-order valence-corrected chi connectivity index (χ4v) is 10.3. The molecule has 0 saturated carbocycles. The normalized spacial score (nSPS) is 14.6. The number of allylic oxidation sites excluding steroid dienone is 5. The van der Waals surface area contributed by atoms with Gasteiger partial charge in [-0.2, -0.15) is 0 Å². The van der Waals surface area contributed by atoms with Gasteiger partial charge in [0.1, 0.15) is 0 Å². The molecule has 2 aliphatic carbocycles. The monoisotopic (exact) mass is 803 g/mol. The second kappa shape index (κ2) is 15.8. The van der Waals surface area contributed by atoms with E-state index in [9.17, 15) is 0 Å². The standard InChI is InChI=1S/C62H45N/c1-3-5-18-43(4-2)48-37-40-55-54-25-12-14-28-57(54)62(60(55)42-48)58-29-15-13-26-56(58)61-53(27-17-30-59(61)62)49-21-16-24-52(41-49)63(50-22-10-7-11-23-50)51-38-35-47(36-39-51)46-33-31-45(32-34-46)44-19-8-6-9-20-44/h3-42H,1H2,2H3/b18-5-,43-4+. The van der Waals surface area contributed by atoms with Crippen LogP contribution in [-0.4, -0.2) is 0 Å². The van der Waals surface area contributed by atoms with Crippen molar-refractivity contribution in [2.45, 2.75) is 12.3 Å². The van der Waals surface area contributed by atoms with Crippen molar-refractivity contribution in [3.05, 3.63) is 277 Å². The zero-order valence-electron chi connectivity index (χ0n) is 35.2. The number of para-hydroxylation sites is 1. The Bertz CT molecular complexity index is 3220. The van der Waals surface area contributed by atoms with Gasteiger partial charge in [0.25, 0.3) is 0 Å². The minimum atomic E-state index is -0.470. The van der Waals surface area contributed by atoms with E-state index in [1.807, 2.05) is 12.2 Å². The number of rotatable bonds is 9. The van der Waals surface area contributed by atoms with E-state index < -0.39 is 5.41 Å². The molecule has 1 unspecified atom stereocenters. The lowest BCUT2D eigenvalue weighted by molar-refractivity contribution is 0.793. The maximum Gasteiger partial charge on any atom is 0.0725 e. The van der Waals surface area contributed by atoms with Crippen LogP contribution in [0.3, 0.4) is 0 Å². The van der Waals surface area contributed by atoms with Crippen molar-refractivity contribution < 1.29 is 0 Å². The first-order valence-corrected chi connectivity index (χ1v) is 21.8. The summed E-state index contributed by atoms with van der Waals surface area (Å²) in [4.78, 5) is 2.37. The highest BCUT2D eigenvalue weighted by Crippen LogP contribution is 2.64. The molecule has 1 atom stereocenters. The SMILES string of the molecule is C=C/C=C\C(=C/C)c1ccc2c(c1)C1(c3ccccc3-2)c2ccccc2-c2c(-c3cccc(N(c4ccccc4)c4ccc(-c5ccc(-c6ccccc6)cc5)cc4)c3)cccc21. The van der Waals surface area contributed by atoms with Crippen LogP contribution in [0.1, 0.15) is 34.7 Å². The molecular formula is C62H45N. The fourth-order valence-electron chi connectivity index (χ4n) is 10.3. The smallest absolute Gasteiger partial charge is 0.0725 e. The molecule has 1 spiro atoms. The predicted molar refractivity (Wildman–Crippen MR) is 267 cm³/mol. The second-order valence-corrected chi connectivity index (χ2v) is 16.4. The van der Waals surface area contributed by atoms with E-state index in [0.717, 1.165) is 17.1 Å². The Morgan fingerprint density at radius 2 is 0.921 bits per heavy atom. The Kier molecular flexibility index (Phi) is 9.52. The number of anilines is 3. The number of fused-ring (bicyclic) bond motifs is 10. The molecule has 0 amide bonds. The molecule has 9 aromatic carbocycles. The Balaban J connectivity index is 1.03. The summed E-state index contributed by atoms with van der Waals surface area (Å²) in [6, 6.07) is 80.3. The van der Waals surface area contributed by atoms with Gasteiger partial charge in [-0.15, -0.1) is 0 Å². The lowest BCUT2D eigenvalue weighted by Crippen LogP contribution is -2.26. The number of hydrogen-bond acceptors (Lipinski definition) is 1. The van der Waals surface area contributed by atoms with Gasteiger partial charge in [0.05, 0.1) is 5.41 Å². The van der Waals surface area contributed by atoms with E-state index in [2.05, 4.69) is 249 Å². The van der Waals surface area contributed by atoms with Gasteiger partial charge in [-0.25, -0.2) is 0 Å². The van der Waals surface area contributed by atoms with Crippen molar-refractivity contribution in [1.29, 1.82) is 0 Å². The molecule has 298 valence electrons. The highest BCUT2D eigenvalue weighted by Gasteiger charge is 2.52. The van der Waals surface area contributed by atoms with Crippen LogP contribution in [0.25, 0.3) is 61.2 Å². The molecule has 0 saturated heterocycles. The third kappa shape index (κ3) is 6.24. The number of hydrogen-bond donors (Lipinski definition) is 0. The second-order valence-electron chi connectivity index (χ2n) is 16.4. The first-order valence-electron chi connectivity index (χ1n) is 21.8. The van der Waals surface area contributed by atoms with Crippen molar-refractivity contribution in [1.82, 2.24) is 0 Å². The molecule has 63 heavy (non-hydrogen) atoms. The summed E-state index contributed by atoms with van der Waals surface area (Å²) in [5.41, 5.74) is 22.9. The Morgan fingerprint density at radius 3 is 1.62 bits per heavy atom. The number of benzene rings is 9. The Hall–Kier alpha value is -8.00. The van der Waals surface area contributed by atoms with Crippen LogP contribution in [0.15, 0.2) is 249 Å². The largest absolute Gasteiger partial charge is 0.310 e. The summed E-state index contributed by atoms with van der Waals surface area (Å²) in [6.45, 7) is 6.05. The molecule has 11 rings (SSSR count). The van der Waals surface area contributed by atoms with E-state index in [4.69, 9.17) is 0 Å². The third-order valence-electron chi connectivity index (χ3n) is 13.1. The van der Waals surface area contributed by atoms with Crippen LogP contribution >= 0.6 is 0 Å². The van der Waals surface area contributed by atoms with Crippen LogP contribution in [0.2, 0.25) is 0 Å². The molecule has 0 N–H and O–H groups in total. The molecule has 0 fully saturated rings. The fraction of sp³-hybridized carbons (Fsp3) is 0.0323. The van der Waals surface area contributed by atoms with E-state index >= 15 is 0 Å². The lowest BCUT2D eigenvalue weighted by Gasteiger charge is -2.31. The third-order valence-corrected chi connectivity index (χ3v) is 13.1. The summed E-state index contributed by atoms with van der Waals surface area (Å²) in [7, 11) is 0. The van der Waals surface area contributed by atoms with Crippen LogP contribution in [-0.2, 0) is 5.41 Å². The lowest BCUT2D eigenvalue weighted by atomic mass is 9.70. The summed E-state index contributed by atoms with van der Waals surface area (Å²) in [5, 5.41) is 0. The van der Waals surface area contributed by atoms with Gasteiger partial charge in [-0.1, -0.05) is 207 Å². The first kappa shape index (κ1) is 38.0. The van der Waals surface area contributed by atoms with Crippen molar-refractivity contribution in [2.24, 2.45) is 0 Å². The molecule has 0 aliphatic heterocycles. The van der Waals surface area contributed by atoms with Crippen molar-refractivity contribution >= 4 is 22.6 Å². The first-order chi connectivity index (χ1) is 31.2. The quantitative estimate of drug-likeness (QED) is 0.131. The molecule has 1 nitrogen and oxygen atoms in total. The van der Waals surface area contributed by atoms with Crippen molar-refractivity contribution in [2.75, 3.05) is 4.90 Å². The molecular weight excluding hydrogens is 759 g/mol. The average Bonchev–Trinajstić information content (AvgIpc) is 3.83. The zero-order valence-corrected chi connectivity index (χ0v) is 35.2. The van der Waals surface area contributed by atoms with Gasteiger partial charge in [-0.05, 0) is 138 Å². The molecule has 0 aromatic heterocycles. The van der Waals surface area contributed by atoms with Crippen LogP contribution in [0, 0.1) is 0 Å². The summed E-state index contributed by atoms with van der Waals surface area (Å²) in [5.74, 6) is 0. The molecule has 9 aromatic rings. The van der Waals surface area contributed by atoms with E-state index in [1.54, 1.807) is 0 Å². The van der Waals surface area contributed by atoms with Gasteiger partial charge in [0.2, 0.25) is 0 Å². The summed E-state index contributed by atoms with van der Waals surface area (Å²) >= 11 is 0. The van der Waals surface area contributed by atoms with E-state index in [0.29, 0.717) is 0 Å². The Morgan fingerprint density at radius 1 is 0.413 bits per heavy atom. The van der Waals surface area contributed by atoms with Crippen LogP contribution in [0.4, 0.5) is 17.1 Å². The molecule has 1 heteroatoms. The highest BCUT2D eigenvalue weighted by molar-refractivity contribution is 6.01. The van der Waals surface area contributed by atoms with Gasteiger partial charge >= 0.3 is 0 Å². The minimum absolute atomic E-state index is 0.470. The van der Waals surface area contributed by atoms with Crippen LogP contribution in [0.5, 0.6) is 0 Å². The summed E-state index contributed by atoms with van der Waals surface area (Å²) < 4.78 is 0. The molecule has 0 radical (unpaired) electrons. The minimum Gasteiger partial charge on any atom is -0.310 e. The van der Waals surface area contributed by atoms with Gasteiger partial charge in [0, 0.05) is 17.1 Å². The van der Waals surface area contributed by atoms with E-state index in [1.165, 1.54) is 89.0 Å². The maximum atomic E-state index is 3.94. The average molecular weight is 804 g/mol. The highest BCUT2D eigenvalue weighted by atomic mass is 15.1. The maximum absolute atomic E-state index is 3.94. The molecule has 0 bridgehead atoms. The van der Waals surface area contributed by atoms with Gasteiger partial charge in [0.15, 0.2) is 0 Å².